The molecule has 0 bridgehead atoms. The number of rotatable bonds is 1. The monoisotopic (exact) mass is 331 g/mol. The lowest BCUT2D eigenvalue weighted by atomic mass is 9.97. The summed E-state index contributed by atoms with van der Waals surface area (Å²) in [4.78, 5) is 20.9. The molecule has 1 aromatic carbocycles. The van der Waals surface area contributed by atoms with Crippen LogP contribution in [-0.2, 0) is 0 Å². The van der Waals surface area contributed by atoms with Gasteiger partial charge in [-0.2, -0.15) is 0 Å². The first-order valence-corrected chi connectivity index (χ1v) is 8.76. The van der Waals surface area contributed by atoms with Crippen LogP contribution in [-0.4, -0.2) is 35.0 Å². The summed E-state index contributed by atoms with van der Waals surface area (Å²) in [6, 6.07) is 13.8. The average molecular weight is 331 g/mol. The third-order valence-electron chi connectivity index (χ3n) is 5.37. The molecule has 1 spiro atoms. The lowest BCUT2D eigenvalue weighted by Crippen LogP contribution is -2.41. The second-order valence-electron chi connectivity index (χ2n) is 6.88. The first-order chi connectivity index (χ1) is 12.2. The zero-order valence-corrected chi connectivity index (χ0v) is 14.4. The standard InChI is InChI=1S/C21H21N3O/c1-23-20(25)24(16-21(23)13-5-6-14-21)19-12-11-18(15-22-19)10-9-17-7-3-2-4-8-17/h2-4,7-8,11-12,15H,5-6,13-14,16H2,1H3. The largest absolute Gasteiger partial charge is 0.326 e. The van der Waals surface area contributed by atoms with Crippen molar-refractivity contribution in [1.29, 1.82) is 0 Å². The number of benzene rings is 1. The fourth-order valence-electron chi connectivity index (χ4n) is 3.84. The average Bonchev–Trinajstić information content (AvgIpc) is 3.23. The molecule has 126 valence electrons. The number of urea groups is 1. The van der Waals surface area contributed by atoms with Gasteiger partial charge in [0.2, 0.25) is 0 Å². The van der Waals surface area contributed by atoms with Gasteiger partial charge in [0.05, 0.1) is 12.1 Å². The molecular formula is C21H21N3O. The van der Waals surface area contributed by atoms with E-state index in [0.717, 1.165) is 30.5 Å². The number of carbonyl (C=O) groups is 1. The predicted molar refractivity (Wildman–Crippen MR) is 98.4 cm³/mol. The third-order valence-corrected chi connectivity index (χ3v) is 5.37. The van der Waals surface area contributed by atoms with E-state index in [2.05, 4.69) is 16.8 Å². The van der Waals surface area contributed by atoms with Crippen molar-refractivity contribution in [2.75, 3.05) is 18.5 Å². The van der Waals surface area contributed by atoms with E-state index in [0.29, 0.717) is 5.82 Å². The summed E-state index contributed by atoms with van der Waals surface area (Å²) in [6.45, 7) is 0.740. The van der Waals surface area contributed by atoms with E-state index in [1.54, 1.807) is 11.1 Å². The number of hydrogen-bond acceptors (Lipinski definition) is 2. The summed E-state index contributed by atoms with van der Waals surface area (Å²) in [6.07, 6.45) is 6.33. The van der Waals surface area contributed by atoms with Crippen molar-refractivity contribution in [1.82, 2.24) is 9.88 Å². The molecule has 2 aliphatic rings. The molecule has 0 atom stereocenters. The molecule has 4 rings (SSSR count). The van der Waals surface area contributed by atoms with Crippen molar-refractivity contribution in [3.05, 3.63) is 59.8 Å². The zero-order valence-electron chi connectivity index (χ0n) is 14.4. The summed E-state index contributed by atoms with van der Waals surface area (Å²) >= 11 is 0. The van der Waals surface area contributed by atoms with E-state index in [-0.39, 0.29) is 11.6 Å². The van der Waals surface area contributed by atoms with Crippen LogP contribution >= 0.6 is 0 Å². The van der Waals surface area contributed by atoms with Crippen molar-refractivity contribution in [3.63, 3.8) is 0 Å². The Morgan fingerprint density at radius 3 is 2.40 bits per heavy atom. The van der Waals surface area contributed by atoms with Gasteiger partial charge in [0, 0.05) is 24.4 Å². The number of pyridine rings is 1. The highest BCUT2D eigenvalue weighted by Gasteiger charge is 2.49. The summed E-state index contributed by atoms with van der Waals surface area (Å²) in [5.41, 5.74) is 1.83. The van der Waals surface area contributed by atoms with Crippen LogP contribution in [0.5, 0.6) is 0 Å². The predicted octanol–water partition coefficient (Wildman–Crippen LogP) is 3.67. The molecule has 2 heterocycles. The molecule has 0 unspecified atom stereocenters. The zero-order chi connectivity index (χ0) is 17.3. The van der Waals surface area contributed by atoms with Gasteiger partial charge in [-0.1, -0.05) is 42.9 Å². The minimum atomic E-state index is 0.00451. The van der Waals surface area contributed by atoms with Crippen molar-refractivity contribution in [2.45, 2.75) is 31.2 Å². The second-order valence-corrected chi connectivity index (χ2v) is 6.88. The third kappa shape index (κ3) is 2.87. The van der Waals surface area contributed by atoms with Gasteiger partial charge in [0.15, 0.2) is 0 Å². The van der Waals surface area contributed by atoms with Gasteiger partial charge in [0.1, 0.15) is 5.82 Å². The van der Waals surface area contributed by atoms with E-state index >= 15 is 0 Å². The van der Waals surface area contributed by atoms with E-state index in [1.165, 1.54) is 12.8 Å². The molecule has 2 fully saturated rings. The minimum Gasteiger partial charge on any atom is -0.320 e. The van der Waals surface area contributed by atoms with Crippen LogP contribution in [0.25, 0.3) is 0 Å². The fraction of sp³-hybridized carbons (Fsp3) is 0.333. The second kappa shape index (κ2) is 6.25. The Hall–Kier alpha value is -2.80. The summed E-state index contributed by atoms with van der Waals surface area (Å²) < 4.78 is 0. The molecule has 1 saturated heterocycles. The van der Waals surface area contributed by atoms with E-state index < -0.39 is 0 Å². The molecule has 2 aromatic rings. The number of hydrogen-bond donors (Lipinski definition) is 0. The molecule has 0 N–H and O–H groups in total. The van der Waals surface area contributed by atoms with Crippen LogP contribution in [0.15, 0.2) is 48.7 Å². The number of nitrogens with zero attached hydrogens (tertiary/aromatic N) is 3. The highest BCUT2D eigenvalue weighted by molar-refractivity contribution is 5.94. The van der Waals surface area contributed by atoms with Crippen LogP contribution < -0.4 is 4.90 Å². The number of carbonyl (C=O) groups excluding carboxylic acids is 1. The molecule has 1 aliphatic carbocycles. The maximum absolute atomic E-state index is 12.6. The number of likely N-dealkylation sites (N-methyl/N-ethyl adjacent to an activating group) is 1. The first kappa shape index (κ1) is 15.7. The van der Waals surface area contributed by atoms with Crippen LogP contribution in [0.4, 0.5) is 10.6 Å². The maximum atomic E-state index is 12.6. The van der Waals surface area contributed by atoms with Gasteiger partial charge >= 0.3 is 6.03 Å². The van der Waals surface area contributed by atoms with Gasteiger partial charge in [-0.15, -0.1) is 0 Å². The lowest BCUT2D eigenvalue weighted by Gasteiger charge is -2.29. The maximum Gasteiger partial charge on any atom is 0.326 e. The molecule has 25 heavy (non-hydrogen) atoms. The van der Waals surface area contributed by atoms with Crippen molar-refractivity contribution in [2.24, 2.45) is 0 Å². The Morgan fingerprint density at radius 2 is 1.72 bits per heavy atom. The van der Waals surface area contributed by atoms with E-state index in [9.17, 15) is 4.79 Å². The topological polar surface area (TPSA) is 36.4 Å². The normalized spacial score (nSPS) is 18.5. The summed E-state index contributed by atoms with van der Waals surface area (Å²) in [7, 11) is 1.92. The highest BCUT2D eigenvalue weighted by Crippen LogP contribution is 2.40. The van der Waals surface area contributed by atoms with Crippen molar-refractivity contribution < 1.29 is 4.79 Å². The van der Waals surface area contributed by atoms with Crippen LogP contribution in [0.1, 0.15) is 36.8 Å². The molecular weight excluding hydrogens is 310 g/mol. The summed E-state index contributed by atoms with van der Waals surface area (Å²) in [5, 5.41) is 0. The molecule has 4 heteroatoms. The molecule has 4 nitrogen and oxygen atoms in total. The SMILES string of the molecule is CN1C(=O)N(c2ccc(C#Cc3ccccc3)cn2)CC12CCCC2. The van der Waals surface area contributed by atoms with Crippen LogP contribution in [0.2, 0.25) is 0 Å². The lowest BCUT2D eigenvalue weighted by molar-refractivity contribution is 0.182. The number of amides is 2. The Labute approximate surface area is 148 Å². The van der Waals surface area contributed by atoms with Gasteiger partial charge in [-0.25, -0.2) is 9.78 Å². The van der Waals surface area contributed by atoms with Gasteiger partial charge in [-0.3, -0.25) is 4.90 Å². The molecule has 1 saturated carbocycles. The van der Waals surface area contributed by atoms with E-state index in [1.807, 2.05) is 54.4 Å². The number of aromatic nitrogens is 1. The molecule has 2 amide bonds. The first-order valence-electron chi connectivity index (χ1n) is 8.76. The van der Waals surface area contributed by atoms with Gasteiger partial charge in [0.25, 0.3) is 0 Å². The summed E-state index contributed by atoms with van der Waals surface area (Å²) in [5.74, 6) is 6.96. The van der Waals surface area contributed by atoms with E-state index in [4.69, 9.17) is 0 Å². The Bertz CT molecular complexity index is 827. The van der Waals surface area contributed by atoms with Gasteiger partial charge < -0.3 is 4.90 Å². The van der Waals surface area contributed by atoms with Crippen molar-refractivity contribution in [3.8, 4) is 11.8 Å². The quantitative estimate of drug-likeness (QED) is 0.748. The number of anilines is 1. The molecule has 1 aromatic heterocycles. The van der Waals surface area contributed by atoms with Crippen molar-refractivity contribution >= 4 is 11.8 Å². The minimum absolute atomic E-state index is 0.00451. The van der Waals surface area contributed by atoms with Crippen LogP contribution in [0.3, 0.4) is 0 Å². The van der Waals surface area contributed by atoms with Gasteiger partial charge in [-0.05, 0) is 37.1 Å². The fourth-order valence-corrected chi connectivity index (χ4v) is 3.84. The molecule has 1 aliphatic heterocycles. The molecule has 0 radical (unpaired) electrons. The Kier molecular flexibility index (Phi) is 3.93. The Balaban J connectivity index is 1.53. The highest BCUT2D eigenvalue weighted by atomic mass is 16.2. The smallest absolute Gasteiger partial charge is 0.320 e. The Morgan fingerprint density at radius 1 is 1.00 bits per heavy atom. The van der Waals surface area contributed by atoms with Crippen LogP contribution in [0, 0.1) is 11.8 Å².